The predicted octanol–water partition coefficient (Wildman–Crippen LogP) is 3.44. The van der Waals surface area contributed by atoms with Crippen LogP contribution < -0.4 is 5.32 Å². The maximum atomic E-state index is 4.94. The standard InChI is InChI=1S/C22H35N7S.HI/c1-18-25-26-21(27(18)2)17-24-22(23-11-10-20-9-6-16-30-20)29-14-12-28(13-15-29)19-7-4-3-5-8-19;/h6,9,16,19H,3-5,7-8,10-15,17H2,1-2H3,(H,23,24);1H. The minimum Gasteiger partial charge on any atom is -0.356 e. The Bertz CT molecular complexity index is 806. The smallest absolute Gasteiger partial charge is 0.194 e. The van der Waals surface area contributed by atoms with E-state index in [-0.39, 0.29) is 24.0 Å². The number of nitrogens with zero attached hydrogens (tertiary/aromatic N) is 6. The predicted molar refractivity (Wildman–Crippen MR) is 138 cm³/mol. The molecule has 1 aliphatic heterocycles. The van der Waals surface area contributed by atoms with Crippen LogP contribution in [0, 0.1) is 6.92 Å². The summed E-state index contributed by atoms with van der Waals surface area (Å²) in [4.78, 5) is 11.5. The van der Waals surface area contributed by atoms with Gasteiger partial charge in [-0.05, 0) is 37.6 Å². The van der Waals surface area contributed by atoms with Gasteiger partial charge in [-0.3, -0.25) is 4.90 Å². The number of thiophene rings is 1. The Morgan fingerprint density at radius 1 is 1.16 bits per heavy atom. The van der Waals surface area contributed by atoms with Gasteiger partial charge in [0.05, 0.1) is 0 Å². The SMILES string of the molecule is Cc1nnc(CN=C(NCCc2cccs2)N2CCN(C3CCCCC3)CC2)n1C.I. The first-order chi connectivity index (χ1) is 14.7. The average molecular weight is 558 g/mol. The van der Waals surface area contributed by atoms with Gasteiger partial charge in [0.15, 0.2) is 11.8 Å². The molecule has 0 aromatic carbocycles. The maximum absolute atomic E-state index is 4.94. The number of aryl methyl sites for hydroxylation is 1. The van der Waals surface area contributed by atoms with Crippen LogP contribution in [0.4, 0.5) is 0 Å². The third-order valence-corrected chi connectivity index (χ3v) is 7.43. The molecule has 2 aromatic rings. The first-order valence-corrected chi connectivity index (χ1v) is 12.2. The highest BCUT2D eigenvalue weighted by Crippen LogP contribution is 2.23. The Labute approximate surface area is 207 Å². The van der Waals surface area contributed by atoms with Crippen molar-refractivity contribution in [3.05, 3.63) is 34.0 Å². The molecule has 31 heavy (non-hydrogen) atoms. The molecule has 3 heterocycles. The Hall–Kier alpha value is -1.20. The number of hydrogen-bond donors (Lipinski definition) is 1. The van der Waals surface area contributed by atoms with Crippen molar-refractivity contribution in [2.45, 2.75) is 58.0 Å². The van der Waals surface area contributed by atoms with Crippen LogP contribution in [-0.4, -0.2) is 69.3 Å². The molecule has 1 saturated carbocycles. The highest BCUT2D eigenvalue weighted by atomic mass is 127. The fraction of sp³-hybridized carbons (Fsp3) is 0.682. The van der Waals surface area contributed by atoms with Gasteiger partial charge in [0.1, 0.15) is 12.4 Å². The van der Waals surface area contributed by atoms with E-state index in [9.17, 15) is 0 Å². The van der Waals surface area contributed by atoms with E-state index in [0.717, 1.165) is 62.8 Å². The highest BCUT2D eigenvalue weighted by Gasteiger charge is 2.26. The van der Waals surface area contributed by atoms with Gasteiger partial charge in [0, 0.05) is 50.7 Å². The summed E-state index contributed by atoms with van der Waals surface area (Å²) in [7, 11) is 2.01. The molecule has 1 N–H and O–H groups in total. The van der Waals surface area contributed by atoms with Crippen LogP contribution in [0.5, 0.6) is 0 Å². The first-order valence-electron chi connectivity index (χ1n) is 11.4. The molecule has 9 heteroatoms. The van der Waals surface area contributed by atoms with E-state index < -0.39 is 0 Å². The maximum Gasteiger partial charge on any atom is 0.194 e. The molecular weight excluding hydrogens is 521 g/mol. The quantitative estimate of drug-likeness (QED) is 0.335. The number of aliphatic imine (C=N–C) groups is 1. The lowest BCUT2D eigenvalue weighted by atomic mass is 9.94. The molecular formula is C22H36IN7S. The zero-order valence-corrected chi connectivity index (χ0v) is 21.9. The number of guanidine groups is 1. The van der Waals surface area contributed by atoms with E-state index in [4.69, 9.17) is 4.99 Å². The van der Waals surface area contributed by atoms with Crippen molar-refractivity contribution in [1.82, 2.24) is 29.9 Å². The van der Waals surface area contributed by atoms with E-state index in [0.29, 0.717) is 6.54 Å². The van der Waals surface area contributed by atoms with Gasteiger partial charge in [-0.25, -0.2) is 4.99 Å². The van der Waals surface area contributed by atoms with Crippen LogP contribution in [0.3, 0.4) is 0 Å². The summed E-state index contributed by atoms with van der Waals surface area (Å²) in [6.07, 6.45) is 8.01. The van der Waals surface area contributed by atoms with Crippen molar-refractivity contribution in [2.75, 3.05) is 32.7 Å². The van der Waals surface area contributed by atoms with Crippen molar-refractivity contribution < 1.29 is 0 Å². The number of halogens is 1. The monoisotopic (exact) mass is 557 g/mol. The summed E-state index contributed by atoms with van der Waals surface area (Å²) >= 11 is 1.82. The summed E-state index contributed by atoms with van der Waals surface area (Å²) in [5.41, 5.74) is 0. The van der Waals surface area contributed by atoms with Crippen molar-refractivity contribution in [3.8, 4) is 0 Å². The van der Waals surface area contributed by atoms with E-state index in [1.165, 1.54) is 37.0 Å². The first kappa shape index (κ1) is 24.4. The van der Waals surface area contributed by atoms with Crippen molar-refractivity contribution in [3.63, 3.8) is 0 Å². The lowest BCUT2D eigenvalue weighted by molar-refractivity contribution is 0.106. The molecule has 0 amide bonds. The zero-order valence-electron chi connectivity index (χ0n) is 18.8. The second kappa shape index (κ2) is 12.2. The minimum atomic E-state index is 0. The second-order valence-corrected chi connectivity index (χ2v) is 9.47. The largest absolute Gasteiger partial charge is 0.356 e. The van der Waals surface area contributed by atoms with Gasteiger partial charge in [0.25, 0.3) is 0 Å². The summed E-state index contributed by atoms with van der Waals surface area (Å²) in [6, 6.07) is 5.12. The average Bonchev–Trinajstić information content (AvgIpc) is 3.42. The lowest BCUT2D eigenvalue weighted by Gasteiger charge is -2.41. The fourth-order valence-corrected chi connectivity index (χ4v) is 5.21. The molecule has 4 rings (SSSR count). The van der Waals surface area contributed by atoms with E-state index in [1.807, 2.05) is 29.9 Å². The summed E-state index contributed by atoms with van der Waals surface area (Å²) in [5, 5.41) is 14.2. The third-order valence-electron chi connectivity index (χ3n) is 6.49. The fourth-order valence-electron chi connectivity index (χ4n) is 4.50. The van der Waals surface area contributed by atoms with Gasteiger partial charge in [0.2, 0.25) is 0 Å². The van der Waals surface area contributed by atoms with Gasteiger partial charge in [-0.2, -0.15) is 0 Å². The molecule has 0 atom stereocenters. The van der Waals surface area contributed by atoms with Crippen LogP contribution in [-0.2, 0) is 20.0 Å². The van der Waals surface area contributed by atoms with Crippen molar-refractivity contribution in [2.24, 2.45) is 12.0 Å². The topological polar surface area (TPSA) is 61.6 Å². The number of hydrogen-bond acceptors (Lipinski definition) is 5. The molecule has 0 radical (unpaired) electrons. The van der Waals surface area contributed by atoms with E-state index in [2.05, 4.69) is 42.8 Å². The van der Waals surface area contributed by atoms with Crippen molar-refractivity contribution in [1.29, 1.82) is 0 Å². The molecule has 1 saturated heterocycles. The Morgan fingerprint density at radius 2 is 1.94 bits per heavy atom. The molecule has 0 bridgehead atoms. The number of nitrogens with one attached hydrogen (secondary N) is 1. The number of aromatic nitrogens is 3. The molecule has 7 nitrogen and oxygen atoms in total. The molecule has 2 aromatic heterocycles. The second-order valence-electron chi connectivity index (χ2n) is 8.43. The lowest BCUT2D eigenvalue weighted by Crippen LogP contribution is -2.55. The minimum absolute atomic E-state index is 0. The summed E-state index contributed by atoms with van der Waals surface area (Å²) in [5.74, 6) is 2.84. The molecule has 2 aliphatic rings. The van der Waals surface area contributed by atoms with Gasteiger partial charge < -0.3 is 14.8 Å². The Balaban J connectivity index is 0.00000272. The zero-order chi connectivity index (χ0) is 20.8. The van der Waals surface area contributed by atoms with Crippen LogP contribution in [0.15, 0.2) is 22.5 Å². The van der Waals surface area contributed by atoms with Gasteiger partial charge in [-0.1, -0.05) is 25.3 Å². The van der Waals surface area contributed by atoms with E-state index >= 15 is 0 Å². The highest BCUT2D eigenvalue weighted by molar-refractivity contribution is 14.0. The van der Waals surface area contributed by atoms with Crippen LogP contribution in [0.25, 0.3) is 0 Å². The third kappa shape index (κ3) is 6.64. The Kier molecular flexibility index (Phi) is 9.58. The molecule has 2 fully saturated rings. The molecule has 0 unspecified atom stereocenters. The molecule has 172 valence electrons. The summed E-state index contributed by atoms with van der Waals surface area (Å²) < 4.78 is 2.02. The van der Waals surface area contributed by atoms with Crippen LogP contribution in [0.2, 0.25) is 0 Å². The van der Waals surface area contributed by atoms with E-state index in [1.54, 1.807) is 0 Å². The molecule has 1 aliphatic carbocycles. The summed E-state index contributed by atoms with van der Waals surface area (Å²) in [6.45, 7) is 7.80. The number of piperazine rings is 1. The normalized spacial score (nSPS) is 18.8. The van der Waals surface area contributed by atoms with Gasteiger partial charge >= 0.3 is 0 Å². The van der Waals surface area contributed by atoms with Crippen molar-refractivity contribution >= 4 is 41.3 Å². The van der Waals surface area contributed by atoms with Gasteiger partial charge in [-0.15, -0.1) is 45.5 Å². The van der Waals surface area contributed by atoms with Crippen LogP contribution in [0.1, 0.15) is 48.6 Å². The number of rotatable bonds is 6. The Morgan fingerprint density at radius 3 is 2.58 bits per heavy atom. The molecule has 0 spiro atoms. The van der Waals surface area contributed by atoms with Crippen LogP contribution >= 0.6 is 35.3 Å².